The first kappa shape index (κ1) is 18.1. The van der Waals surface area contributed by atoms with Crippen LogP contribution >= 0.6 is 0 Å². The van der Waals surface area contributed by atoms with Gasteiger partial charge in [-0.3, -0.25) is 9.59 Å². The van der Waals surface area contributed by atoms with E-state index in [1.807, 2.05) is 48.8 Å². The number of ketones is 1. The van der Waals surface area contributed by atoms with Crippen LogP contribution in [0.15, 0.2) is 0 Å². The Bertz CT molecular complexity index is 306. The molecule has 0 saturated carbocycles. The normalized spacial score (nSPS) is 13.5. The molecule has 1 unspecified atom stereocenters. The van der Waals surface area contributed by atoms with Crippen LogP contribution in [0.1, 0.15) is 40.5 Å². The van der Waals surface area contributed by atoms with E-state index in [1.165, 1.54) is 0 Å². The second-order valence-corrected chi connectivity index (χ2v) is 6.68. The smallest absolute Gasteiger partial charge is 0.225 e. The molecule has 4 nitrogen and oxygen atoms in total. The molecule has 0 radical (unpaired) electrons. The van der Waals surface area contributed by atoms with Gasteiger partial charge in [-0.25, -0.2) is 0 Å². The van der Waals surface area contributed by atoms with Crippen molar-refractivity contribution in [2.24, 2.45) is 11.3 Å². The largest absolute Gasteiger partial charge is 0.344 e. The molecule has 0 aliphatic heterocycles. The number of carbonyl (C=O) groups is 2. The molecule has 0 N–H and O–H groups in total. The van der Waals surface area contributed by atoms with Crippen molar-refractivity contribution < 1.29 is 9.59 Å². The number of rotatable bonds is 7. The molecule has 0 bridgehead atoms. The lowest BCUT2D eigenvalue weighted by atomic mass is 9.86. The summed E-state index contributed by atoms with van der Waals surface area (Å²) in [6.45, 7) is 9.25. The summed E-state index contributed by atoms with van der Waals surface area (Å²) in [5, 5.41) is 0. The minimum Gasteiger partial charge on any atom is -0.344 e. The first-order valence-electron chi connectivity index (χ1n) is 6.98. The van der Waals surface area contributed by atoms with Crippen molar-refractivity contribution in [1.82, 2.24) is 9.80 Å². The predicted octanol–water partition coefficient (Wildman–Crippen LogP) is 2.04. The van der Waals surface area contributed by atoms with Gasteiger partial charge in [-0.05, 0) is 20.5 Å². The van der Waals surface area contributed by atoms with Crippen molar-refractivity contribution in [2.75, 3.05) is 34.2 Å². The number of carbonyl (C=O) groups excluding carboxylic acids is 2. The lowest BCUT2D eigenvalue weighted by molar-refractivity contribution is -0.134. The highest BCUT2D eigenvalue weighted by Crippen LogP contribution is 2.20. The van der Waals surface area contributed by atoms with Crippen molar-refractivity contribution in [3.63, 3.8) is 0 Å². The molecule has 0 aromatic heterocycles. The minimum atomic E-state index is -0.306. The molecular weight excluding hydrogens is 240 g/mol. The van der Waals surface area contributed by atoms with E-state index in [2.05, 4.69) is 4.90 Å². The third kappa shape index (κ3) is 7.31. The molecule has 0 heterocycles. The van der Waals surface area contributed by atoms with E-state index in [-0.39, 0.29) is 23.0 Å². The Kier molecular flexibility index (Phi) is 7.27. The molecule has 4 heteroatoms. The summed E-state index contributed by atoms with van der Waals surface area (Å²) >= 11 is 0. The molecular formula is C15H30N2O2. The van der Waals surface area contributed by atoms with Crippen LogP contribution in [0, 0.1) is 11.3 Å². The zero-order valence-corrected chi connectivity index (χ0v) is 13.6. The number of nitrogens with zero attached hydrogens (tertiary/aromatic N) is 2. The minimum absolute atomic E-state index is 0.0848. The number of hydrogen-bond donors (Lipinski definition) is 0. The Balaban J connectivity index is 4.17. The fourth-order valence-electron chi connectivity index (χ4n) is 1.68. The Labute approximate surface area is 118 Å². The molecule has 1 amide bonds. The van der Waals surface area contributed by atoms with E-state index in [9.17, 15) is 9.59 Å². The highest BCUT2D eigenvalue weighted by molar-refractivity contribution is 5.84. The third-order valence-electron chi connectivity index (χ3n) is 3.32. The van der Waals surface area contributed by atoms with Gasteiger partial charge in [-0.15, -0.1) is 0 Å². The molecule has 0 saturated heterocycles. The van der Waals surface area contributed by atoms with Gasteiger partial charge in [-0.2, -0.15) is 0 Å². The van der Waals surface area contributed by atoms with Crippen LogP contribution in [0.4, 0.5) is 0 Å². The first-order chi connectivity index (χ1) is 8.55. The van der Waals surface area contributed by atoms with Crippen LogP contribution in [0.3, 0.4) is 0 Å². The maximum atomic E-state index is 12.1. The number of Topliss-reactive ketones (excluding diaryl/α,β-unsaturated/α-hetero) is 1. The quantitative estimate of drug-likeness (QED) is 0.711. The van der Waals surface area contributed by atoms with E-state index in [0.29, 0.717) is 12.8 Å². The van der Waals surface area contributed by atoms with Crippen molar-refractivity contribution >= 4 is 11.7 Å². The second kappa shape index (κ2) is 7.63. The SMILES string of the molecule is CC(CCC(=O)C(C)(C)C)C(=O)N(C)CCN(C)C. The molecule has 1 atom stereocenters. The average Bonchev–Trinajstić information content (AvgIpc) is 2.30. The van der Waals surface area contributed by atoms with Crippen LogP contribution in [0.2, 0.25) is 0 Å². The Morgan fingerprint density at radius 3 is 2.00 bits per heavy atom. The molecule has 0 fully saturated rings. The van der Waals surface area contributed by atoms with Gasteiger partial charge >= 0.3 is 0 Å². The van der Waals surface area contributed by atoms with Gasteiger partial charge in [0.15, 0.2) is 0 Å². The van der Waals surface area contributed by atoms with Gasteiger partial charge < -0.3 is 9.80 Å². The standard InChI is InChI=1S/C15H30N2O2/c1-12(8-9-13(18)15(2,3)4)14(19)17(7)11-10-16(5)6/h12H,8-11H2,1-7H3. The van der Waals surface area contributed by atoms with Gasteiger partial charge in [0.05, 0.1) is 0 Å². The van der Waals surface area contributed by atoms with Gasteiger partial charge in [0, 0.05) is 37.9 Å². The molecule has 0 rings (SSSR count). The maximum Gasteiger partial charge on any atom is 0.225 e. The van der Waals surface area contributed by atoms with Gasteiger partial charge in [0.2, 0.25) is 5.91 Å². The zero-order chi connectivity index (χ0) is 15.2. The van der Waals surface area contributed by atoms with Crippen LogP contribution in [-0.4, -0.2) is 55.7 Å². The summed E-state index contributed by atoms with van der Waals surface area (Å²) in [4.78, 5) is 27.8. The van der Waals surface area contributed by atoms with Crippen LogP contribution < -0.4 is 0 Å². The van der Waals surface area contributed by atoms with E-state index in [0.717, 1.165) is 13.1 Å². The van der Waals surface area contributed by atoms with Gasteiger partial charge in [0.1, 0.15) is 5.78 Å². The average molecular weight is 270 g/mol. The monoisotopic (exact) mass is 270 g/mol. The fraction of sp³-hybridized carbons (Fsp3) is 0.867. The predicted molar refractivity (Wildman–Crippen MR) is 79.1 cm³/mol. The number of hydrogen-bond acceptors (Lipinski definition) is 3. The van der Waals surface area contributed by atoms with Crippen molar-refractivity contribution in [2.45, 2.75) is 40.5 Å². The molecule has 0 spiro atoms. The summed E-state index contributed by atoms with van der Waals surface area (Å²) in [5.41, 5.74) is -0.306. The maximum absolute atomic E-state index is 12.1. The molecule has 0 aromatic rings. The first-order valence-corrected chi connectivity index (χ1v) is 6.98. The van der Waals surface area contributed by atoms with Crippen molar-refractivity contribution in [3.8, 4) is 0 Å². The third-order valence-corrected chi connectivity index (χ3v) is 3.32. The van der Waals surface area contributed by atoms with E-state index in [1.54, 1.807) is 4.90 Å². The fourth-order valence-corrected chi connectivity index (χ4v) is 1.68. The number of amides is 1. The van der Waals surface area contributed by atoms with Crippen LogP contribution in [0.25, 0.3) is 0 Å². The summed E-state index contributed by atoms with van der Waals surface area (Å²) in [5.74, 6) is 0.269. The van der Waals surface area contributed by atoms with Crippen molar-refractivity contribution in [1.29, 1.82) is 0 Å². The second-order valence-electron chi connectivity index (χ2n) is 6.68. The van der Waals surface area contributed by atoms with Gasteiger partial charge in [0.25, 0.3) is 0 Å². The van der Waals surface area contributed by atoms with Gasteiger partial charge in [-0.1, -0.05) is 27.7 Å². The summed E-state index contributed by atoms with van der Waals surface area (Å²) in [6.07, 6.45) is 1.12. The summed E-state index contributed by atoms with van der Waals surface area (Å²) < 4.78 is 0. The topological polar surface area (TPSA) is 40.6 Å². The zero-order valence-electron chi connectivity index (χ0n) is 13.6. The molecule has 0 aliphatic rings. The number of likely N-dealkylation sites (N-methyl/N-ethyl adjacent to an activating group) is 2. The van der Waals surface area contributed by atoms with Crippen LogP contribution in [-0.2, 0) is 9.59 Å². The Morgan fingerprint density at radius 2 is 1.58 bits per heavy atom. The highest BCUT2D eigenvalue weighted by atomic mass is 16.2. The molecule has 112 valence electrons. The summed E-state index contributed by atoms with van der Waals surface area (Å²) in [7, 11) is 5.81. The van der Waals surface area contributed by atoms with Crippen molar-refractivity contribution in [3.05, 3.63) is 0 Å². The molecule has 19 heavy (non-hydrogen) atoms. The molecule has 0 aromatic carbocycles. The van der Waals surface area contributed by atoms with E-state index in [4.69, 9.17) is 0 Å². The highest BCUT2D eigenvalue weighted by Gasteiger charge is 2.24. The molecule has 0 aliphatic carbocycles. The lowest BCUT2D eigenvalue weighted by Crippen LogP contribution is -2.37. The summed E-state index contributed by atoms with van der Waals surface area (Å²) in [6, 6.07) is 0. The van der Waals surface area contributed by atoms with E-state index < -0.39 is 0 Å². The lowest BCUT2D eigenvalue weighted by Gasteiger charge is -2.24. The Morgan fingerprint density at radius 1 is 1.05 bits per heavy atom. The van der Waals surface area contributed by atoms with E-state index >= 15 is 0 Å². The Hall–Kier alpha value is -0.900. The van der Waals surface area contributed by atoms with Crippen LogP contribution in [0.5, 0.6) is 0 Å².